The highest BCUT2D eigenvalue weighted by Gasteiger charge is 2.13. The summed E-state index contributed by atoms with van der Waals surface area (Å²) in [4.78, 5) is 8.71. The molecule has 0 radical (unpaired) electrons. The third kappa shape index (κ3) is 1.89. The standard InChI is InChI=1S/C10H14N4/c1-10(2,3)4-7-5-11-9-8(13-7)6-12-14-9/h5-6H,4H2,1-3H3,(H,11,12,14). The first kappa shape index (κ1) is 9.12. The van der Waals surface area contributed by atoms with Crippen molar-refractivity contribution in [3.8, 4) is 0 Å². The van der Waals surface area contributed by atoms with Crippen LogP contribution in [0.1, 0.15) is 26.5 Å². The summed E-state index contributed by atoms with van der Waals surface area (Å²) >= 11 is 0. The summed E-state index contributed by atoms with van der Waals surface area (Å²) in [6.45, 7) is 6.57. The smallest absolute Gasteiger partial charge is 0.174 e. The van der Waals surface area contributed by atoms with Crippen LogP contribution in [0.25, 0.3) is 11.2 Å². The number of hydrogen-bond acceptors (Lipinski definition) is 3. The summed E-state index contributed by atoms with van der Waals surface area (Å²) in [5, 5.41) is 6.67. The van der Waals surface area contributed by atoms with E-state index in [1.54, 1.807) is 6.20 Å². The van der Waals surface area contributed by atoms with E-state index in [9.17, 15) is 0 Å². The number of rotatable bonds is 1. The lowest BCUT2D eigenvalue weighted by molar-refractivity contribution is 0.406. The van der Waals surface area contributed by atoms with E-state index in [4.69, 9.17) is 0 Å². The SMILES string of the molecule is CC(C)(C)Cc1cnc2[nH]ncc2n1. The van der Waals surface area contributed by atoms with E-state index in [0.717, 1.165) is 23.3 Å². The van der Waals surface area contributed by atoms with Gasteiger partial charge in [0.1, 0.15) is 5.52 Å². The molecule has 0 atom stereocenters. The summed E-state index contributed by atoms with van der Waals surface area (Å²) in [5.41, 5.74) is 2.85. The molecule has 0 aliphatic heterocycles. The van der Waals surface area contributed by atoms with Crippen LogP contribution in [-0.4, -0.2) is 20.2 Å². The molecule has 0 saturated heterocycles. The number of aromatic amines is 1. The van der Waals surface area contributed by atoms with E-state index in [2.05, 4.69) is 40.9 Å². The van der Waals surface area contributed by atoms with Crippen molar-refractivity contribution in [3.05, 3.63) is 18.1 Å². The van der Waals surface area contributed by atoms with Gasteiger partial charge in [-0.2, -0.15) is 5.10 Å². The van der Waals surface area contributed by atoms with Crippen molar-refractivity contribution in [1.82, 2.24) is 20.2 Å². The molecule has 0 unspecified atom stereocenters. The first-order valence-electron chi connectivity index (χ1n) is 4.70. The highest BCUT2D eigenvalue weighted by molar-refractivity contribution is 5.67. The molecule has 0 aliphatic carbocycles. The second-order valence-corrected chi connectivity index (χ2v) is 4.70. The molecule has 0 bridgehead atoms. The number of aromatic nitrogens is 4. The van der Waals surface area contributed by atoms with Crippen molar-refractivity contribution in [2.75, 3.05) is 0 Å². The molecule has 14 heavy (non-hydrogen) atoms. The van der Waals surface area contributed by atoms with Gasteiger partial charge in [-0.25, -0.2) is 9.97 Å². The van der Waals surface area contributed by atoms with Crippen molar-refractivity contribution in [2.45, 2.75) is 27.2 Å². The van der Waals surface area contributed by atoms with Gasteiger partial charge in [-0.3, -0.25) is 5.10 Å². The monoisotopic (exact) mass is 190 g/mol. The van der Waals surface area contributed by atoms with E-state index in [1.165, 1.54) is 0 Å². The van der Waals surface area contributed by atoms with E-state index in [1.807, 2.05) is 6.20 Å². The quantitative estimate of drug-likeness (QED) is 0.747. The number of nitrogens with one attached hydrogen (secondary N) is 1. The van der Waals surface area contributed by atoms with Gasteiger partial charge in [0.15, 0.2) is 5.65 Å². The highest BCUT2D eigenvalue weighted by Crippen LogP contribution is 2.19. The third-order valence-electron chi connectivity index (χ3n) is 1.92. The Balaban J connectivity index is 2.35. The third-order valence-corrected chi connectivity index (χ3v) is 1.92. The van der Waals surface area contributed by atoms with Crippen LogP contribution < -0.4 is 0 Å². The molecular weight excluding hydrogens is 176 g/mol. The fourth-order valence-corrected chi connectivity index (χ4v) is 1.40. The Hall–Kier alpha value is -1.45. The van der Waals surface area contributed by atoms with Gasteiger partial charge in [0, 0.05) is 0 Å². The van der Waals surface area contributed by atoms with Crippen LogP contribution in [0.2, 0.25) is 0 Å². The van der Waals surface area contributed by atoms with Gasteiger partial charge in [-0.05, 0) is 11.8 Å². The van der Waals surface area contributed by atoms with Crippen molar-refractivity contribution in [1.29, 1.82) is 0 Å². The maximum absolute atomic E-state index is 4.46. The van der Waals surface area contributed by atoms with Crippen molar-refractivity contribution in [3.63, 3.8) is 0 Å². The zero-order chi connectivity index (χ0) is 10.2. The van der Waals surface area contributed by atoms with Crippen molar-refractivity contribution >= 4 is 11.2 Å². The molecule has 4 heteroatoms. The summed E-state index contributed by atoms with van der Waals surface area (Å²) in [5.74, 6) is 0. The second kappa shape index (κ2) is 3.04. The topological polar surface area (TPSA) is 54.5 Å². The number of nitrogens with zero attached hydrogens (tertiary/aromatic N) is 3. The highest BCUT2D eigenvalue weighted by atomic mass is 15.1. The minimum atomic E-state index is 0.242. The molecule has 0 aliphatic rings. The largest absolute Gasteiger partial charge is 0.259 e. The van der Waals surface area contributed by atoms with Crippen molar-refractivity contribution < 1.29 is 0 Å². The van der Waals surface area contributed by atoms with Gasteiger partial charge in [0.25, 0.3) is 0 Å². The molecule has 1 N–H and O–H groups in total. The number of hydrogen-bond donors (Lipinski definition) is 1. The first-order valence-corrected chi connectivity index (χ1v) is 4.70. The summed E-state index contributed by atoms with van der Waals surface area (Å²) < 4.78 is 0. The Morgan fingerprint density at radius 3 is 2.79 bits per heavy atom. The van der Waals surface area contributed by atoms with E-state index in [0.29, 0.717) is 0 Å². The van der Waals surface area contributed by atoms with Gasteiger partial charge in [0.05, 0.1) is 18.1 Å². The Bertz CT molecular complexity index is 439. The van der Waals surface area contributed by atoms with Gasteiger partial charge in [-0.1, -0.05) is 20.8 Å². The van der Waals surface area contributed by atoms with Crippen molar-refractivity contribution in [2.24, 2.45) is 5.41 Å². The van der Waals surface area contributed by atoms with Crippen LogP contribution in [0.15, 0.2) is 12.4 Å². The summed E-state index contributed by atoms with van der Waals surface area (Å²) in [7, 11) is 0. The molecule has 0 spiro atoms. The zero-order valence-electron chi connectivity index (χ0n) is 8.70. The molecular formula is C10H14N4. The molecule has 2 heterocycles. The van der Waals surface area contributed by atoms with Crippen LogP contribution in [-0.2, 0) is 6.42 Å². The maximum atomic E-state index is 4.46. The number of H-pyrrole nitrogens is 1. The van der Waals surface area contributed by atoms with Gasteiger partial charge in [-0.15, -0.1) is 0 Å². The van der Waals surface area contributed by atoms with E-state index < -0.39 is 0 Å². The van der Waals surface area contributed by atoms with Crippen LogP contribution >= 0.6 is 0 Å². The van der Waals surface area contributed by atoms with E-state index in [-0.39, 0.29) is 5.41 Å². The normalized spacial score (nSPS) is 12.2. The lowest BCUT2D eigenvalue weighted by atomic mass is 9.91. The van der Waals surface area contributed by atoms with Crippen LogP contribution in [0.4, 0.5) is 0 Å². The average molecular weight is 190 g/mol. The molecule has 0 fully saturated rings. The zero-order valence-corrected chi connectivity index (χ0v) is 8.70. The molecule has 0 amide bonds. The molecule has 2 aromatic heterocycles. The lowest BCUT2D eigenvalue weighted by Crippen LogP contribution is -2.10. The number of fused-ring (bicyclic) bond motifs is 1. The Kier molecular flexibility index (Phi) is 1.98. The van der Waals surface area contributed by atoms with Crippen LogP contribution in [0.5, 0.6) is 0 Å². The van der Waals surface area contributed by atoms with E-state index >= 15 is 0 Å². The molecule has 2 aromatic rings. The predicted octanol–water partition coefficient (Wildman–Crippen LogP) is 1.94. The molecule has 0 saturated carbocycles. The predicted molar refractivity (Wildman–Crippen MR) is 54.8 cm³/mol. The molecule has 0 aromatic carbocycles. The van der Waals surface area contributed by atoms with Crippen LogP contribution in [0.3, 0.4) is 0 Å². The molecule has 4 nitrogen and oxygen atoms in total. The fraction of sp³-hybridized carbons (Fsp3) is 0.500. The van der Waals surface area contributed by atoms with Gasteiger partial charge >= 0.3 is 0 Å². The lowest BCUT2D eigenvalue weighted by Gasteiger charge is -2.16. The Labute approximate surface area is 82.8 Å². The molecule has 74 valence electrons. The Morgan fingerprint density at radius 2 is 2.07 bits per heavy atom. The minimum absolute atomic E-state index is 0.242. The maximum Gasteiger partial charge on any atom is 0.174 e. The van der Waals surface area contributed by atoms with Crippen LogP contribution in [0, 0.1) is 5.41 Å². The fourth-order valence-electron chi connectivity index (χ4n) is 1.40. The van der Waals surface area contributed by atoms with Gasteiger partial charge < -0.3 is 0 Å². The summed E-state index contributed by atoms with van der Waals surface area (Å²) in [6, 6.07) is 0. The minimum Gasteiger partial charge on any atom is -0.259 e. The molecule has 2 rings (SSSR count). The second-order valence-electron chi connectivity index (χ2n) is 4.70. The Morgan fingerprint density at radius 1 is 1.29 bits per heavy atom. The first-order chi connectivity index (χ1) is 6.54. The van der Waals surface area contributed by atoms with Gasteiger partial charge in [0.2, 0.25) is 0 Å². The average Bonchev–Trinajstić information content (AvgIpc) is 2.47. The summed E-state index contributed by atoms with van der Waals surface area (Å²) in [6.07, 6.45) is 4.45.